The highest BCUT2D eigenvalue weighted by Gasteiger charge is 2.31. The average Bonchev–Trinajstić information content (AvgIpc) is 2.91. The molecule has 1 fully saturated rings. The summed E-state index contributed by atoms with van der Waals surface area (Å²) >= 11 is 0. The van der Waals surface area contributed by atoms with Crippen molar-refractivity contribution < 1.29 is 32.2 Å². The molecule has 1 amide bonds. The lowest BCUT2D eigenvalue weighted by atomic mass is 9.86. The standard InChI is InChI=1S/C32H41N3O7S/c1-20-18-33-19-32(5,42-20)14-15-41-27-13-12-24(22-10-8-9-11-23(22)27)28(36)30(37)34-25-16-21(31(2,3)4)17-26(29(25)40-6)35-43(7,38)39/h8-13,16-17,20,33,35H,14-15,18-19H2,1-7H3,(H,34,37). The first-order chi connectivity index (χ1) is 20.1. The van der Waals surface area contributed by atoms with Crippen molar-refractivity contribution in [3.63, 3.8) is 0 Å². The Morgan fingerprint density at radius 1 is 1.09 bits per heavy atom. The second-order valence-electron chi connectivity index (χ2n) is 12.3. The Kier molecular flexibility index (Phi) is 9.39. The third-order valence-electron chi connectivity index (χ3n) is 7.34. The molecule has 0 saturated carbocycles. The highest BCUT2D eigenvalue weighted by atomic mass is 32.2. The van der Waals surface area contributed by atoms with Crippen LogP contribution in [0.3, 0.4) is 0 Å². The number of methoxy groups -OCH3 is 1. The number of anilines is 2. The number of benzene rings is 3. The minimum atomic E-state index is -3.66. The fraction of sp³-hybridized carbons (Fsp3) is 0.438. The number of morpholine rings is 1. The summed E-state index contributed by atoms with van der Waals surface area (Å²) in [5.41, 5.74) is 0.526. The quantitative estimate of drug-likeness (QED) is 0.219. The summed E-state index contributed by atoms with van der Waals surface area (Å²) in [6.45, 7) is 11.9. The summed E-state index contributed by atoms with van der Waals surface area (Å²) in [7, 11) is -2.29. The molecular formula is C32H41N3O7S. The van der Waals surface area contributed by atoms with E-state index in [1.54, 1.807) is 36.4 Å². The van der Waals surface area contributed by atoms with Crippen molar-refractivity contribution in [2.75, 3.05) is 43.1 Å². The van der Waals surface area contributed by atoms with E-state index in [0.29, 0.717) is 29.5 Å². The van der Waals surface area contributed by atoms with Gasteiger partial charge in [-0.3, -0.25) is 14.3 Å². The normalized spacial score (nSPS) is 19.1. The highest BCUT2D eigenvalue weighted by Crippen LogP contribution is 2.39. The van der Waals surface area contributed by atoms with Crippen LogP contribution in [-0.4, -0.2) is 64.9 Å². The van der Waals surface area contributed by atoms with Crippen LogP contribution in [0, 0.1) is 0 Å². The van der Waals surface area contributed by atoms with Crippen LogP contribution in [0.5, 0.6) is 11.5 Å². The van der Waals surface area contributed by atoms with Gasteiger partial charge in [0.1, 0.15) is 5.75 Å². The largest absolute Gasteiger partial charge is 0.493 e. The number of ether oxygens (including phenoxy) is 3. The predicted molar refractivity (Wildman–Crippen MR) is 169 cm³/mol. The molecule has 1 aliphatic rings. The van der Waals surface area contributed by atoms with Gasteiger partial charge in [0.25, 0.3) is 11.7 Å². The molecule has 0 aliphatic carbocycles. The maximum atomic E-state index is 13.5. The van der Waals surface area contributed by atoms with Gasteiger partial charge in [-0.1, -0.05) is 45.0 Å². The van der Waals surface area contributed by atoms with Crippen molar-refractivity contribution in [2.45, 2.75) is 58.2 Å². The summed E-state index contributed by atoms with van der Waals surface area (Å²) < 4.78 is 44.3. The molecule has 10 nitrogen and oxygen atoms in total. The molecule has 232 valence electrons. The summed E-state index contributed by atoms with van der Waals surface area (Å²) in [5.74, 6) is -0.957. The molecule has 3 aromatic carbocycles. The zero-order valence-corrected chi connectivity index (χ0v) is 26.6. The van der Waals surface area contributed by atoms with E-state index in [-0.39, 0.29) is 34.4 Å². The van der Waals surface area contributed by atoms with Crippen molar-refractivity contribution in [3.8, 4) is 11.5 Å². The number of sulfonamides is 1. The number of carbonyl (C=O) groups excluding carboxylic acids is 2. The molecule has 0 aromatic heterocycles. The summed E-state index contributed by atoms with van der Waals surface area (Å²) in [5, 5.41) is 7.32. The fourth-order valence-corrected chi connectivity index (χ4v) is 5.73. The second kappa shape index (κ2) is 12.5. The second-order valence-corrected chi connectivity index (χ2v) is 14.0. The number of nitrogens with one attached hydrogen (secondary N) is 3. The van der Waals surface area contributed by atoms with Gasteiger partial charge < -0.3 is 24.8 Å². The number of fused-ring (bicyclic) bond motifs is 1. The molecule has 2 atom stereocenters. The van der Waals surface area contributed by atoms with Gasteiger partial charge in [0.05, 0.1) is 43.1 Å². The lowest BCUT2D eigenvalue weighted by Gasteiger charge is -2.38. The lowest BCUT2D eigenvalue weighted by Crippen LogP contribution is -2.51. The van der Waals surface area contributed by atoms with Crippen LogP contribution in [0.15, 0.2) is 48.5 Å². The van der Waals surface area contributed by atoms with Gasteiger partial charge in [0.2, 0.25) is 10.0 Å². The van der Waals surface area contributed by atoms with Gasteiger partial charge in [-0.15, -0.1) is 0 Å². The SMILES string of the molecule is COc1c(NC(=O)C(=O)c2ccc(OCCC3(C)CNCC(C)O3)c3ccccc23)cc(C(C)(C)C)cc1NS(C)(=O)=O. The van der Waals surface area contributed by atoms with E-state index < -0.39 is 27.1 Å². The molecule has 0 radical (unpaired) electrons. The number of hydrogen-bond acceptors (Lipinski definition) is 8. The lowest BCUT2D eigenvalue weighted by molar-refractivity contribution is -0.112. The first-order valence-electron chi connectivity index (χ1n) is 14.2. The predicted octanol–water partition coefficient (Wildman–Crippen LogP) is 4.87. The zero-order chi connectivity index (χ0) is 31.6. The Morgan fingerprint density at radius 3 is 2.40 bits per heavy atom. The summed E-state index contributed by atoms with van der Waals surface area (Å²) in [6, 6.07) is 13.9. The number of rotatable bonds is 10. The number of ketones is 1. The molecule has 3 N–H and O–H groups in total. The molecule has 11 heteroatoms. The van der Waals surface area contributed by atoms with Gasteiger partial charge in [-0.25, -0.2) is 8.42 Å². The third kappa shape index (κ3) is 7.84. The van der Waals surface area contributed by atoms with Crippen LogP contribution in [0.25, 0.3) is 10.8 Å². The van der Waals surface area contributed by atoms with Crippen LogP contribution in [0.1, 0.15) is 57.0 Å². The zero-order valence-electron chi connectivity index (χ0n) is 25.8. The maximum absolute atomic E-state index is 13.5. The Bertz CT molecular complexity index is 1630. The minimum Gasteiger partial charge on any atom is -0.493 e. The summed E-state index contributed by atoms with van der Waals surface area (Å²) in [4.78, 5) is 26.9. The minimum absolute atomic E-state index is 0.0911. The third-order valence-corrected chi connectivity index (χ3v) is 7.93. The Balaban J connectivity index is 1.60. The molecule has 3 aromatic rings. The van der Waals surface area contributed by atoms with E-state index in [2.05, 4.69) is 22.3 Å². The smallest absolute Gasteiger partial charge is 0.296 e. The van der Waals surface area contributed by atoms with Gasteiger partial charge in [0, 0.05) is 30.5 Å². The van der Waals surface area contributed by atoms with E-state index in [1.807, 2.05) is 39.8 Å². The number of amides is 1. The Morgan fingerprint density at radius 2 is 1.77 bits per heavy atom. The molecule has 1 saturated heterocycles. The average molecular weight is 612 g/mol. The number of carbonyl (C=O) groups is 2. The number of hydrogen-bond donors (Lipinski definition) is 3. The molecule has 0 spiro atoms. The van der Waals surface area contributed by atoms with Gasteiger partial charge in [-0.2, -0.15) is 0 Å². The molecule has 1 heterocycles. The van der Waals surface area contributed by atoms with Crippen molar-refractivity contribution in [2.24, 2.45) is 0 Å². The van der Waals surface area contributed by atoms with Crippen LogP contribution < -0.4 is 24.8 Å². The molecule has 1 aliphatic heterocycles. The first kappa shape index (κ1) is 32.2. The molecule has 4 rings (SSSR count). The fourth-order valence-electron chi connectivity index (χ4n) is 5.18. The Hall–Kier alpha value is -3.67. The van der Waals surface area contributed by atoms with Crippen LogP contribution in [0.2, 0.25) is 0 Å². The van der Waals surface area contributed by atoms with Crippen LogP contribution in [-0.2, 0) is 25.0 Å². The molecule has 43 heavy (non-hydrogen) atoms. The Labute approximate surface area is 253 Å². The van der Waals surface area contributed by atoms with Gasteiger partial charge in [-0.05, 0) is 54.5 Å². The van der Waals surface area contributed by atoms with E-state index >= 15 is 0 Å². The van der Waals surface area contributed by atoms with Crippen molar-refractivity contribution in [3.05, 3.63) is 59.7 Å². The van der Waals surface area contributed by atoms with Gasteiger partial charge in [0.15, 0.2) is 5.75 Å². The molecule has 0 bridgehead atoms. The van der Waals surface area contributed by atoms with Crippen LogP contribution >= 0.6 is 0 Å². The van der Waals surface area contributed by atoms with E-state index in [9.17, 15) is 18.0 Å². The molecule has 2 unspecified atom stereocenters. The van der Waals surface area contributed by atoms with Crippen molar-refractivity contribution in [1.82, 2.24) is 5.32 Å². The maximum Gasteiger partial charge on any atom is 0.296 e. The van der Waals surface area contributed by atoms with E-state index in [4.69, 9.17) is 14.2 Å². The van der Waals surface area contributed by atoms with Crippen molar-refractivity contribution in [1.29, 1.82) is 0 Å². The molecular weight excluding hydrogens is 570 g/mol. The summed E-state index contributed by atoms with van der Waals surface area (Å²) in [6.07, 6.45) is 1.82. The monoisotopic (exact) mass is 611 g/mol. The highest BCUT2D eigenvalue weighted by molar-refractivity contribution is 7.92. The van der Waals surface area contributed by atoms with Gasteiger partial charge >= 0.3 is 0 Å². The van der Waals surface area contributed by atoms with Crippen LogP contribution in [0.4, 0.5) is 11.4 Å². The first-order valence-corrected chi connectivity index (χ1v) is 16.1. The van der Waals surface area contributed by atoms with Crippen molar-refractivity contribution >= 4 is 43.9 Å². The topological polar surface area (TPSA) is 132 Å². The van der Waals surface area contributed by atoms with E-state index in [1.165, 1.54) is 7.11 Å². The number of Topliss-reactive ketones (excluding diaryl/α,β-unsaturated/α-hetero) is 1. The van der Waals surface area contributed by atoms with E-state index in [0.717, 1.165) is 24.9 Å².